The van der Waals surface area contributed by atoms with Gasteiger partial charge in [0.1, 0.15) is 0 Å². The summed E-state index contributed by atoms with van der Waals surface area (Å²) in [5, 5.41) is 12.1. The molecule has 0 bridgehead atoms. The number of carbonyl (C=O) groups is 1. The number of hydrogen-bond donors (Lipinski definition) is 2. The topological polar surface area (TPSA) is 67.8 Å². The molecule has 2 rings (SSSR count). The summed E-state index contributed by atoms with van der Waals surface area (Å²) in [6.07, 6.45) is 1.62. The molecule has 0 saturated heterocycles. The second-order valence-corrected chi connectivity index (χ2v) is 5.78. The van der Waals surface area contributed by atoms with Crippen LogP contribution in [0.15, 0.2) is 42.5 Å². The van der Waals surface area contributed by atoms with Crippen molar-refractivity contribution in [1.29, 1.82) is 0 Å². The second kappa shape index (κ2) is 9.57. The molecule has 5 nitrogen and oxygen atoms in total. The highest BCUT2D eigenvalue weighted by molar-refractivity contribution is 5.67. The van der Waals surface area contributed by atoms with Crippen molar-refractivity contribution in [3.63, 3.8) is 0 Å². The number of carboxylic acids is 1. The van der Waals surface area contributed by atoms with Gasteiger partial charge in [-0.05, 0) is 48.2 Å². The van der Waals surface area contributed by atoms with Gasteiger partial charge in [-0.15, -0.1) is 0 Å². The Bertz CT molecular complexity index is 700. The summed E-state index contributed by atoms with van der Waals surface area (Å²) in [7, 11) is 1.64. The highest BCUT2D eigenvalue weighted by Crippen LogP contribution is 2.28. The molecule has 0 radical (unpaired) electrons. The van der Waals surface area contributed by atoms with Crippen molar-refractivity contribution in [2.24, 2.45) is 0 Å². The zero-order valence-corrected chi connectivity index (χ0v) is 14.7. The number of methoxy groups -OCH3 is 1. The van der Waals surface area contributed by atoms with E-state index in [1.54, 1.807) is 7.11 Å². The molecule has 134 valence electrons. The molecule has 0 heterocycles. The Labute approximate surface area is 148 Å². The van der Waals surface area contributed by atoms with Gasteiger partial charge in [-0.2, -0.15) is 0 Å². The van der Waals surface area contributed by atoms with Gasteiger partial charge < -0.3 is 19.9 Å². The lowest BCUT2D eigenvalue weighted by Crippen LogP contribution is -2.03. The average Bonchev–Trinajstić information content (AvgIpc) is 2.63. The van der Waals surface area contributed by atoms with Crippen LogP contribution in [0.3, 0.4) is 0 Å². The number of hydrogen-bond acceptors (Lipinski definition) is 4. The molecule has 0 aromatic heterocycles. The molecule has 0 amide bonds. The van der Waals surface area contributed by atoms with Gasteiger partial charge in [-0.1, -0.05) is 25.1 Å². The van der Waals surface area contributed by atoms with Crippen molar-refractivity contribution in [1.82, 2.24) is 0 Å². The normalized spacial score (nSPS) is 10.3. The fourth-order valence-electron chi connectivity index (χ4n) is 2.45. The Morgan fingerprint density at radius 1 is 1.12 bits per heavy atom. The predicted octanol–water partition coefficient (Wildman–Crippen LogP) is 4.11. The Morgan fingerprint density at radius 3 is 2.68 bits per heavy atom. The lowest BCUT2D eigenvalue weighted by atomic mass is 10.1. The molecule has 5 heteroatoms. The average molecular weight is 343 g/mol. The van der Waals surface area contributed by atoms with E-state index in [9.17, 15) is 4.79 Å². The van der Waals surface area contributed by atoms with Gasteiger partial charge in [0, 0.05) is 18.7 Å². The van der Waals surface area contributed by atoms with E-state index in [0.717, 1.165) is 34.7 Å². The van der Waals surface area contributed by atoms with E-state index >= 15 is 0 Å². The summed E-state index contributed by atoms with van der Waals surface area (Å²) in [5.74, 6) is 0.697. The fourth-order valence-corrected chi connectivity index (χ4v) is 2.45. The van der Waals surface area contributed by atoms with Crippen molar-refractivity contribution in [2.45, 2.75) is 32.7 Å². The lowest BCUT2D eigenvalue weighted by Gasteiger charge is -2.13. The van der Waals surface area contributed by atoms with E-state index < -0.39 is 5.97 Å². The minimum Gasteiger partial charge on any atom is -0.493 e. The molecule has 0 aliphatic carbocycles. The van der Waals surface area contributed by atoms with Gasteiger partial charge in [0.25, 0.3) is 0 Å². The first-order valence-electron chi connectivity index (χ1n) is 8.46. The van der Waals surface area contributed by atoms with Crippen LogP contribution in [0.25, 0.3) is 0 Å². The second-order valence-electron chi connectivity index (χ2n) is 5.78. The van der Waals surface area contributed by atoms with Crippen LogP contribution in [0.4, 0.5) is 5.69 Å². The van der Waals surface area contributed by atoms with E-state index in [1.807, 2.05) is 42.5 Å². The van der Waals surface area contributed by atoms with Crippen molar-refractivity contribution in [2.75, 3.05) is 19.0 Å². The first-order chi connectivity index (χ1) is 12.1. The quantitative estimate of drug-likeness (QED) is 0.679. The first-order valence-corrected chi connectivity index (χ1v) is 8.46. The van der Waals surface area contributed by atoms with Crippen molar-refractivity contribution >= 4 is 11.7 Å². The van der Waals surface area contributed by atoms with Gasteiger partial charge >= 0.3 is 5.97 Å². The number of ether oxygens (including phenoxy) is 2. The molecule has 0 aliphatic heterocycles. The number of aryl methyl sites for hydroxylation is 1. The van der Waals surface area contributed by atoms with Gasteiger partial charge in [0.05, 0.1) is 13.7 Å². The molecular weight excluding hydrogens is 318 g/mol. The summed E-state index contributed by atoms with van der Waals surface area (Å²) in [6.45, 7) is 3.37. The Kier molecular flexibility index (Phi) is 7.14. The Hall–Kier alpha value is -2.69. The van der Waals surface area contributed by atoms with Gasteiger partial charge in [0.2, 0.25) is 0 Å². The van der Waals surface area contributed by atoms with Gasteiger partial charge in [-0.3, -0.25) is 4.79 Å². The molecule has 2 N–H and O–H groups in total. The largest absolute Gasteiger partial charge is 0.493 e. The standard InChI is InChI=1S/C20H25NO4/c1-3-11-25-18-9-7-16(13-19(18)24-2)14-21-17-6-4-5-15(12-17)8-10-20(22)23/h4-7,9,12-13,21H,3,8,10-11,14H2,1-2H3,(H,22,23). The van der Waals surface area contributed by atoms with Crippen LogP contribution in [0.2, 0.25) is 0 Å². The number of anilines is 1. The summed E-state index contributed by atoms with van der Waals surface area (Å²) in [5.41, 5.74) is 3.05. The van der Waals surface area contributed by atoms with Crippen LogP contribution in [0.5, 0.6) is 11.5 Å². The molecule has 0 spiro atoms. The summed E-state index contributed by atoms with van der Waals surface area (Å²) in [6, 6.07) is 13.7. The summed E-state index contributed by atoms with van der Waals surface area (Å²) in [4.78, 5) is 10.7. The summed E-state index contributed by atoms with van der Waals surface area (Å²) >= 11 is 0. The molecule has 0 aliphatic rings. The third-order valence-electron chi connectivity index (χ3n) is 3.74. The van der Waals surface area contributed by atoms with Crippen molar-refractivity contribution in [3.8, 4) is 11.5 Å². The summed E-state index contributed by atoms with van der Waals surface area (Å²) < 4.78 is 11.1. The van der Waals surface area contributed by atoms with Crippen LogP contribution in [0, 0.1) is 0 Å². The minimum absolute atomic E-state index is 0.139. The zero-order valence-electron chi connectivity index (χ0n) is 14.7. The van der Waals surface area contributed by atoms with Crippen LogP contribution >= 0.6 is 0 Å². The SMILES string of the molecule is CCCOc1ccc(CNc2cccc(CCC(=O)O)c2)cc1OC. The van der Waals surface area contributed by atoms with E-state index in [2.05, 4.69) is 12.2 Å². The van der Waals surface area contributed by atoms with Crippen LogP contribution in [-0.4, -0.2) is 24.8 Å². The third kappa shape index (κ3) is 6.03. The third-order valence-corrected chi connectivity index (χ3v) is 3.74. The predicted molar refractivity (Wildman–Crippen MR) is 98.5 cm³/mol. The molecule has 2 aromatic carbocycles. The lowest BCUT2D eigenvalue weighted by molar-refractivity contribution is -0.136. The minimum atomic E-state index is -0.782. The molecular formula is C20H25NO4. The highest BCUT2D eigenvalue weighted by atomic mass is 16.5. The van der Waals surface area contributed by atoms with Crippen molar-refractivity contribution < 1.29 is 19.4 Å². The van der Waals surface area contributed by atoms with Crippen LogP contribution in [0.1, 0.15) is 30.9 Å². The monoisotopic (exact) mass is 343 g/mol. The Balaban J connectivity index is 1.98. The zero-order chi connectivity index (χ0) is 18.1. The molecule has 0 unspecified atom stereocenters. The first kappa shape index (κ1) is 18.6. The maximum absolute atomic E-state index is 10.7. The number of rotatable bonds is 10. The maximum Gasteiger partial charge on any atom is 0.303 e. The molecule has 0 fully saturated rings. The highest BCUT2D eigenvalue weighted by Gasteiger charge is 2.06. The number of nitrogens with one attached hydrogen (secondary N) is 1. The Morgan fingerprint density at radius 2 is 1.96 bits per heavy atom. The van der Waals surface area contributed by atoms with E-state index in [4.69, 9.17) is 14.6 Å². The molecule has 0 atom stereocenters. The van der Waals surface area contributed by atoms with Crippen LogP contribution in [-0.2, 0) is 17.8 Å². The molecule has 2 aromatic rings. The smallest absolute Gasteiger partial charge is 0.303 e. The maximum atomic E-state index is 10.7. The van der Waals surface area contributed by atoms with E-state index in [0.29, 0.717) is 19.6 Å². The van der Waals surface area contributed by atoms with E-state index in [-0.39, 0.29) is 6.42 Å². The van der Waals surface area contributed by atoms with E-state index in [1.165, 1.54) is 0 Å². The van der Waals surface area contributed by atoms with Gasteiger partial charge in [-0.25, -0.2) is 0 Å². The fraction of sp³-hybridized carbons (Fsp3) is 0.350. The number of aliphatic carboxylic acids is 1. The molecule has 0 saturated carbocycles. The van der Waals surface area contributed by atoms with Gasteiger partial charge in [0.15, 0.2) is 11.5 Å². The van der Waals surface area contributed by atoms with Crippen LogP contribution < -0.4 is 14.8 Å². The number of carboxylic acid groups (broad SMARTS) is 1. The molecule has 25 heavy (non-hydrogen) atoms. The number of benzene rings is 2. The van der Waals surface area contributed by atoms with Crippen molar-refractivity contribution in [3.05, 3.63) is 53.6 Å².